The summed E-state index contributed by atoms with van der Waals surface area (Å²) in [5, 5.41) is 15.5. The first-order chi connectivity index (χ1) is 8.29. The first kappa shape index (κ1) is 17.9. The maximum absolute atomic E-state index is 11.0. The maximum Gasteiger partial charge on any atom is 0.405 e. The second kappa shape index (κ2) is 5.92. The molecule has 19 heavy (non-hydrogen) atoms. The van der Waals surface area contributed by atoms with E-state index in [-0.39, 0.29) is 5.54 Å². The Labute approximate surface area is 115 Å². The average molecular weight is 292 g/mol. The van der Waals surface area contributed by atoms with E-state index in [1.54, 1.807) is 26.8 Å². The van der Waals surface area contributed by atoms with Gasteiger partial charge >= 0.3 is 6.09 Å². The molecule has 0 unspecified atom stereocenters. The van der Waals surface area contributed by atoms with Crippen molar-refractivity contribution in [3.8, 4) is 0 Å². The largest absolute Gasteiger partial charge is 0.465 e. The zero-order valence-electron chi connectivity index (χ0n) is 12.1. The van der Waals surface area contributed by atoms with Crippen LogP contribution >= 0.6 is 0 Å². The number of hydrogen-bond acceptors (Lipinski definition) is 3. The van der Waals surface area contributed by atoms with Crippen LogP contribution in [-0.2, 0) is 10.0 Å². The van der Waals surface area contributed by atoms with E-state index in [1.165, 1.54) is 0 Å². The summed E-state index contributed by atoms with van der Waals surface area (Å²) < 4.78 is 21.3. The van der Waals surface area contributed by atoms with Crippen molar-refractivity contribution < 1.29 is 18.3 Å². The average Bonchev–Trinajstić information content (AvgIpc) is 2.78. The molecule has 0 saturated heterocycles. The summed E-state index contributed by atoms with van der Waals surface area (Å²) >= 11 is 0. The van der Waals surface area contributed by atoms with Gasteiger partial charge in [0, 0.05) is 5.54 Å². The number of rotatable bonds is 2. The number of nitrogens with two attached hydrogens (primary N) is 1. The monoisotopic (exact) mass is 292 g/mol. The van der Waals surface area contributed by atoms with Crippen LogP contribution in [0.1, 0.15) is 47.5 Å². The van der Waals surface area contributed by atoms with E-state index in [0.29, 0.717) is 12.8 Å². The molecule has 0 spiro atoms. The van der Waals surface area contributed by atoms with Gasteiger partial charge in [-0.15, -0.1) is 0 Å². The van der Waals surface area contributed by atoms with Crippen molar-refractivity contribution in [2.24, 2.45) is 5.14 Å². The highest BCUT2D eigenvalue weighted by Crippen LogP contribution is 2.43. The molecule has 1 aliphatic rings. The van der Waals surface area contributed by atoms with Gasteiger partial charge in [0.2, 0.25) is 10.0 Å². The molecule has 0 aromatic carbocycles. The molecule has 1 amide bonds. The molecule has 0 aromatic heterocycles. The Morgan fingerprint density at radius 3 is 1.79 bits per heavy atom. The highest BCUT2D eigenvalue weighted by atomic mass is 32.2. The fourth-order valence-corrected chi connectivity index (χ4v) is 2.55. The van der Waals surface area contributed by atoms with Gasteiger partial charge in [0.15, 0.2) is 0 Å². The molecule has 0 atom stereocenters. The van der Waals surface area contributed by atoms with Crippen LogP contribution in [-0.4, -0.2) is 29.9 Å². The molecular formula is C12H24N2O4S. The minimum Gasteiger partial charge on any atom is -0.465 e. The number of nitrogens with one attached hydrogen (secondary N) is 1. The summed E-state index contributed by atoms with van der Waals surface area (Å²) in [5.74, 6) is 0. The van der Waals surface area contributed by atoms with Gasteiger partial charge in [-0.3, -0.25) is 0 Å². The molecule has 0 aromatic rings. The van der Waals surface area contributed by atoms with Gasteiger partial charge in [0.05, 0.1) is 0 Å². The van der Waals surface area contributed by atoms with Crippen LogP contribution in [0.15, 0.2) is 11.6 Å². The number of sulfonamides is 1. The van der Waals surface area contributed by atoms with Crippen LogP contribution in [0.25, 0.3) is 0 Å². The minimum absolute atomic E-state index is 0.328. The van der Waals surface area contributed by atoms with E-state index < -0.39 is 20.9 Å². The lowest BCUT2D eigenvalue weighted by Crippen LogP contribution is -2.39. The minimum atomic E-state index is -3.36. The van der Waals surface area contributed by atoms with Crippen molar-refractivity contribution >= 4 is 16.1 Å². The highest BCUT2D eigenvalue weighted by molar-refractivity contribution is 7.91. The van der Waals surface area contributed by atoms with Crippen molar-refractivity contribution in [1.82, 2.24) is 5.32 Å². The third-order valence-electron chi connectivity index (χ3n) is 2.34. The number of carboxylic acid groups (broad SMARTS) is 1. The van der Waals surface area contributed by atoms with E-state index in [2.05, 4.69) is 5.32 Å². The van der Waals surface area contributed by atoms with Gasteiger partial charge in [-0.1, -0.05) is 11.6 Å². The summed E-state index contributed by atoms with van der Waals surface area (Å²) in [7, 11) is -3.36. The quantitative estimate of drug-likeness (QED) is 0.674. The third-order valence-corrected chi connectivity index (χ3v) is 4.00. The Morgan fingerprint density at radius 1 is 1.32 bits per heavy atom. The van der Waals surface area contributed by atoms with E-state index in [1.807, 2.05) is 13.8 Å². The van der Waals surface area contributed by atoms with Gasteiger partial charge in [0.1, 0.15) is 4.75 Å². The lowest BCUT2D eigenvalue weighted by Gasteiger charge is -2.16. The molecule has 0 bridgehead atoms. The lowest BCUT2D eigenvalue weighted by molar-refractivity contribution is 0.184. The molecule has 7 heteroatoms. The molecule has 1 fully saturated rings. The van der Waals surface area contributed by atoms with Crippen LogP contribution in [0.4, 0.5) is 4.79 Å². The van der Waals surface area contributed by atoms with Gasteiger partial charge in [-0.05, 0) is 47.5 Å². The Kier molecular flexibility index (Phi) is 5.58. The first-order valence-electron chi connectivity index (χ1n) is 5.99. The molecule has 1 rings (SSSR count). The zero-order chi connectivity index (χ0) is 15.5. The fraction of sp³-hybridized carbons (Fsp3) is 0.750. The summed E-state index contributed by atoms with van der Waals surface area (Å²) in [6, 6.07) is 0. The van der Waals surface area contributed by atoms with Crippen molar-refractivity contribution in [2.45, 2.75) is 57.7 Å². The molecule has 1 aliphatic carbocycles. The smallest absolute Gasteiger partial charge is 0.405 e. The lowest BCUT2D eigenvalue weighted by atomic mass is 10.1. The number of hydrogen-bond donors (Lipinski definition) is 3. The number of primary sulfonamides is 1. The summed E-state index contributed by atoms with van der Waals surface area (Å²) in [6.45, 7) is 9.14. The van der Waals surface area contributed by atoms with Gasteiger partial charge < -0.3 is 10.4 Å². The number of allylic oxidation sites excluding steroid dienone is 1. The van der Waals surface area contributed by atoms with Crippen LogP contribution in [0.5, 0.6) is 0 Å². The van der Waals surface area contributed by atoms with E-state index >= 15 is 0 Å². The SMILES string of the molecule is CC(C)(C)NC(=O)O.CC(C)=CC1(S(N)(=O)=O)CC1. The molecule has 112 valence electrons. The summed E-state index contributed by atoms with van der Waals surface area (Å²) in [5.41, 5.74) is 0.683. The van der Waals surface area contributed by atoms with Crippen LogP contribution < -0.4 is 10.5 Å². The predicted molar refractivity (Wildman–Crippen MR) is 75.4 cm³/mol. The number of amides is 1. The Hall–Kier alpha value is -1.08. The molecule has 0 aliphatic heterocycles. The normalized spacial score (nSPS) is 16.7. The molecule has 1 saturated carbocycles. The Morgan fingerprint density at radius 2 is 1.74 bits per heavy atom. The molecular weight excluding hydrogens is 268 g/mol. The van der Waals surface area contributed by atoms with E-state index in [9.17, 15) is 13.2 Å². The van der Waals surface area contributed by atoms with Crippen molar-refractivity contribution in [2.75, 3.05) is 0 Å². The molecule has 6 nitrogen and oxygen atoms in total. The summed E-state index contributed by atoms with van der Waals surface area (Å²) in [6.07, 6.45) is 2.13. The third kappa shape index (κ3) is 7.17. The molecule has 0 radical (unpaired) electrons. The van der Waals surface area contributed by atoms with Crippen LogP contribution in [0.2, 0.25) is 0 Å². The highest BCUT2D eigenvalue weighted by Gasteiger charge is 2.50. The zero-order valence-corrected chi connectivity index (χ0v) is 13.0. The fourth-order valence-electron chi connectivity index (χ4n) is 1.48. The number of carbonyl (C=O) groups is 1. The van der Waals surface area contributed by atoms with E-state index in [0.717, 1.165) is 5.57 Å². The van der Waals surface area contributed by atoms with Crippen LogP contribution in [0.3, 0.4) is 0 Å². The standard InChI is InChI=1S/C7H13NO2S.C5H11NO2/c1-6(2)5-7(3-4-7)11(8,9)10;1-5(2,3)6-4(7)8/h5H,3-4H2,1-2H3,(H2,8,9,10);6H,1-3H3,(H,7,8). The van der Waals surface area contributed by atoms with Gasteiger partial charge in [-0.2, -0.15) is 0 Å². The maximum atomic E-state index is 11.0. The second-order valence-electron chi connectivity index (χ2n) is 6.01. The van der Waals surface area contributed by atoms with E-state index in [4.69, 9.17) is 10.2 Å². The second-order valence-corrected chi connectivity index (χ2v) is 7.91. The topological polar surface area (TPSA) is 109 Å². The van der Waals surface area contributed by atoms with Crippen molar-refractivity contribution in [1.29, 1.82) is 0 Å². The first-order valence-corrected chi connectivity index (χ1v) is 7.53. The van der Waals surface area contributed by atoms with Gasteiger partial charge in [-0.25, -0.2) is 18.4 Å². The molecule has 4 N–H and O–H groups in total. The van der Waals surface area contributed by atoms with Gasteiger partial charge in [0.25, 0.3) is 0 Å². The van der Waals surface area contributed by atoms with Crippen molar-refractivity contribution in [3.63, 3.8) is 0 Å². The molecule has 0 heterocycles. The van der Waals surface area contributed by atoms with Crippen molar-refractivity contribution in [3.05, 3.63) is 11.6 Å². The summed E-state index contributed by atoms with van der Waals surface area (Å²) in [4.78, 5) is 9.90. The predicted octanol–water partition coefficient (Wildman–Crippen LogP) is 1.83. The Bertz CT molecular complexity index is 453. The van der Waals surface area contributed by atoms with Crippen LogP contribution in [0, 0.1) is 0 Å². The Balaban J connectivity index is 0.000000362.